The molecule has 0 aromatic carbocycles. The maximum absolute atomic E-state index is 5.39. The van der Waals surface area contributed by atoms with Crippen molar-refractivity contribution in [1.29, 1.82) is 0 Å². The lowest BCUT2D eigenvalue weighted by atomic mass is 10.4. The van der Waals surface area contributed by atoms with Crippen LogP contribution in [0.15, 0.2) is 4.99 Å². The maximum atomic E-state index is 5.39. The summed E-state index contributed by atoms with van der Waals surface area (Å²) in [7, 11) is 0. The van der Waals surface area contributed by atoms with E-state index in [0.29, 0.717) is 0 Å². The Morgan fingerprint density at radius 2 is 2.43 bits per heavy atom. The van der Waals surface area contributed by atoms with Crippen LogP contribution in [0, 0.1) is 0 Å². The summed E-state index contributed by atoms with van der Waals surface area (Å²) in [4.78, 5) is 3.90. The monoisotopic (exact) mass is 100 g/mol. The minimum Gasteiger partial charge on any atom is -0.310 e. The first-order valence-corrected chi connectivity index (χ1v) is 2.54. The zero-order valence-electron chi connectivity index (χ0n) is 4.89. The molecule has 0 bridgehead atoms. The fourth-order valence-electron chi connectivity index (χ4n) is 0.297. The predicted octanol–water partition coefficient (Wildman–Crippen LogP) is 0.772. The van der Waals surface area contributed by atoms with Crippen molar-refractivity contribution in [2.45, 2.75) is 26.4 Å². The highest BCUT2D eigenvalue weighted by Gasteiger charge is 1.86. The Hall–Kier alpha value is -0.370. The van der Waals surface area contributed by atoms with Crippen LogP contribution in [0.4, 0.5) is 0 Å². The zero-order chi connectivity index (χ0) is 5.70. The highest BCUT2D eigenvalue weighted by atomic mass is 14.9. The zero-order valence-corrected chi connectivity index (χ0v) is 4.89. The van der Waals surface area contributed by atoms with E-state index in [4.69, 9.17) is 5.73 Å². The van der Waals surface area contributed by atoms with Crippen LogP contribution in [0.3, 0.4) is 0 Å². The van der Waals surface area contributed by atoms with Crippen molar-refractivity contribution in [2.24, 2.45) is 10.7 Å². The summed E-state index contributed by atoms with van der Waals surface area (Å²) >= 11 is 0. The standard InChI is InChI=1S/C5H12N2/c1-3-5(6)7-4-2/h4-5H,3,6H2,1-2H3. The molecule has 1 atom stereocenters. The fraction of sp³-hybridized carbons (Fsp3) is 0.800. The van der Waals surface area contributed by atoms with E-state index in [1.165, 1.54) is 0 Å². The van der Waals surface area contributed by atoms with Crippen molar-refractivity contribution in [3.05, 3.63) is 0 Å². The molecular weight excluding hydrogens is 88.1 g/mol. The minimum atomic E-state index is 0.0185. The molecule has 0 rings (SSSR count). The molecule has 42 valence electrons. The number of nitrogens with two attached hydrogens (primary N) is 1. The molecule has 2 heteroatoms. The molecule has 0 aliphatic carbocycles. The lowest BCUT2D eigenvalue weighted by Crippen LogP contribution is -2.14. The van der Waals surface area contributed by atoms with Crippen molar-refractivity contribution < 1.29 is 0 Å². The average molecular weight is 100 g/mol. The Balaban J connectivity index is 3.16. The molecule has 0 saturated heterocycles. The van der Waals surface area contributed by atoms with E-state index in [-0.39, 0.29) is 6.17 Å². The van der Waals surface area contributed by atoms with Crippen LogP contribution >= 0.6 is 0 Å². The first kappa shape index (κ1) is 6.63. The van der Waals surface area contributed by atoms with Crippen molar-refractivity contribution in [2.75, 3.05) is 0 Å². The molecule has 0 heterocycles. The van der Waals surface area contributed by atoms with Gasteiger partial charge in [0.2, 0.25) is 0 Å². The summed E-state index contributed by atoms with van der Waals surface area (Å²) in [6.07, 6.45) is 2.67. The number of rotatable bonds is 2. The SMILES string of the molecule is CC=NC(N)CC. The molecule has 1 unspecified atom stereocenters. The van der Waals surface area contributed by atoms with Crippen molar-refractivity contribution in [3.8, 4) is 0 Å². The Morgan fingerprint density at radius 1 is 1.86 bits per heavy atom. The van der Waals surface area contributed by atoms with Crippen LogP contribution in [0.2, 0.25) is 0 Å². The Labute approximate surface area is 44.4 Å². The van der Waals surface area contributed by atoms with Crippen LogP contribution in [0.25, 0.3) is 0 Å². The summed E-state index contributed by atoms with van der Waals surface area (Å²) in [5, 5.41) is 0. The molecule has 2 nitrogen and oxygen atoms in total. The van der Waals surface area contributed by atoms with Gasteiger partial charge in [-0.2, -0.15) is 0 Å². The molecule has 0 amide bonds. The van der Waals surface area contributed by atoms with Gasteiger partial charge in [0.1, 0.15) is 0 Å². The van der Waals surface area contributed by atoms with Gasteiger partial charge in [-0.15, -0.1) is 0 Å². The van der Waals surface area contributed by atoms with Gasteiger partial charge in [0.05, 0.1) is 6.17 Å². The van der Waals surface area contributed by atoms with Gasteiger partial charge in [-0.25, -0.2) is 0 Å². The second-order valence-corrected chi connectivity index (χ2v) is 1.38. The molecule has 0 fully saturated rings. The molecule has 0 aromatic rings. The van der Waals surface area contributed by atoms with E-state index < -0.39 is 0 Å². The van der Waals surface area contributed by atoms with Gasteiger partial charge in [-0.05, 0) is 19.6 Å². The van der Waals surface area contributed by atoms with E-state index in [1.807, 2.05) is 13.8 Å². The number of nitrogens with zero attached hydrogens (tertiary/aromatic N) is 1. The largest absolute Gasteiger partial charge is 0.310 e. The first-order valence-electron chi connectivity index (χ1n) is 2.54. The third kappa shape index (κ3) is 3.46. The van der Waals surface area contributed by atoms with Crippen LogP contribution in [-0.4, -0.2) is 12.4 Å². The van der Waals surface area contributed by atoms with Crippen molar-refractivity contribution >= 4 is 6.21 Å². The van der Waals surface area contributed by atoms with Crippen LogP contribution in [-0.2, 0) is 0 Å². The number of aliphatic imine (C=N–C) groups is 1. The Bertz CT molecular complexity index is 59.1. The van der Waals surface area contributed by atoms with Gasteiger partial charge in [-0.3, -0.25) is 4.99 Å². The second kappa shape index (κ2) is 3.81. The van der Waals surface area contributed by atoms with Crippen LogP contribution in [0.1, 0.15) is 20.3 Å². The minimum absolute atomic E-state index is 0.0185. The smallest absolute Gasteiger partial charge is 0.0962 e. The summed E-state index contributed by atoms with van der Waals surface area (Å²) < 4.78 is 0. The third-order valence-corrected chi connectivity index (χ3v) is 0.759. The van der Waals surface area contributed by atoms with Gasteiger partial charge in [0.15, 0.2) is 0 Å². The molecule has 0 aliphatic heterocycles. The average Bonchev–Trinajstić information content (AvgIpc) is 1.68. The molecule has 7 heavy (non-hydrogen) atoms. The lowest BCUT2D eigenvalue weighted by Gasteiger charge is -1.96. The molecular formula is C5H12N2. The van der Waals surface area contributed by atoms with Gasteiger partial charge < -0.3 is 5.73 Å². The van der Waals surface area contributed by atoms with Gasteiger partial charge >= 0.3 is 0 Å². The van der Waals surface area contributed by atoms with Crippen molar-refractivity contribution in [3.63, 3.8) is 0 Å². The maximum Gasteiger partial charge on any atom is 0.0962 e. The molecule has 0 aliphatic rings. The highest BCUT2D eigenvalue weighted by Crippen LogP contribution is 1.83. The summed E-state index contributed by atoms with van der Waals surface area (Å²) in [6, 6.07) is 0. The highest BCUT2D eigenvalue weighted by molar-refractivity contribution is 5.53. The van der Waals surface area contributed by atoms with Crippen LogP contribution in [0.5, 0.6) is 0 Å². The Morgan fingerprint density at radius 3 is 2.57 bits per heavy atom. The van der Waals surface area contributed by atoms with E-state index in [2.05, 4.69) is 4.99 Å². The lowest BCUT2D eigenvalue weighted by molar-refractivity contribution is 0.687. The van der Waals surface area contributed by atoms with Gasteiger partial charge in [0, 0.05) is 0 Å². The molecule has 0 saturated carbocycles. The summed E-state index contributed by atoms with van der Waals surface area (Å²) in [5.41, 5.74) is 5.39. The van der Waals surface area contributed by atoms with Gasteiger partial charge in [0.25, 0.3) is 0 Å². The van der Waals surface area contributed by atoms with Crippen LogP contribution < -0.4 is 5.73 Å². The molecule has 0 radical (unpaired) electrons. The Kier molecular flexibility index (Phi) is 3.61. The topological polar surface area (TPSA) is 38.4 Å². The number of hydrogen-bond donors (Lipinski definition) is 1. The summed E-state index contributed by atoms with van der Waals surface area (Å²) in [6.45, 7) is 3.88. The first-order chi connectivity index (χ1) is 3.31. The van der Waals surface area contributed by atoms with E-state index in [1.54, 1.807) is 6.21 Å². The molecule has 0 aromatic heterocycles. The summed E-state index contributed by atoms with van der Waals surface area (Å²) in [5.74, 6) is 0. The fourth-order valence-corrected chi connectivity index (χ4v) is 0.297. The molecule has 2 N–H and O–H groups in total. The van der Waals surface area contributed by atoms with E-state index in [9.17, 15) is 0 Å². The van der Waals surface area contributed by atoms with Gasteiger partial charge in [-0.1, -0.05) is 6.92 Å². The predicted molar refractivity (Wildman–Crippen MR) is 32.4 cm³/mol. The quantitative estimate of drug-likeness (QED) is 0.511. The number of hydrogen-bond acceptors (Lipinski definition) is 2. The van der Waals surface area contributed by atoms with E-state index >= 15 is 0 Å². The van der Waals surface area contributed by atoms with E-state index in [0.717, 1.165) is 6.42 Å². The second-order valence-electron chi connectivity index (χ2n) is 1.38. The normalized spacial score (nSPS) is 15.3. The molecule has 0 spiro atoms. The third-order valence-electron chi connectivity index (χ3n) is 0.759. The van der Waals surface area contributed by atoms with Crippen molar-refractivity contribution in [1.82, 2.24) is 0 Å².